The number of nitrogens with two attached hydrogens (primary N) is 1. The van der Waals surface area contributed by atoms with Gasteiger partial charge < -0.3 is 25.1 Å². The van der Waals surface area contributed by atoms with Crippen LogP contribution in [-0.2, 0) is 4.74 Å². The summed E-state index contributed by atoms with van der Waals surface area (Å²) >= 11 is 0. The third-order valence-corrected chi connectivity index (χ3v) is 6.97. The van der Waals surface area contributed by atoms with Gasteiger partial charge in [0.2, 0.25) is 0 Å². The van der Waals surface area contributed by atoms with Crippen molar-refractivity contribution in [2.24, 2.45) is 0 Å². The predicted octanol–water partition coefficient (Wildman–Crippen LogP) is 3.31. The third kappa shape index (κ3) is 2.96. The van der Waals surface area contributed by atoms with Gasteiger partial charge >= 0.3 is 0 Å². The van der Waals surface area contributed by atoms with Crippen LogP contribution in [0.15, 0.2) is 36.8 Å². The van der Waals surface area contributed by atoms with Crippen molar-refractivity contribution in [1.82, 2.24) is 19.9 Å². The molecule has 7 nitrogen and oxygen atoms in total. The lowest BCUT2D eigenvalue weighted by atomic mass is 9.89. The van der Waals surface area contributed by atoms with Crippen LogP contribution < -0.4 is 15.8 Å². The lowest BCUT2D eigenvalue weighted by Crippen LogP contribution is -2.32. The number of fused-ring (bicyclic) bond motifs is 3. The van der Waals surface area contributed by atoms with Crippen LogP contribution in [0, 0.1) is 0 Å². The van der Waals surface area contributed by atoms with Gasteiger partial charge in [-0.15, -0.1) is 0 Å². The highest BCUT2D eigenvalue weighted by atomic mass is 16.6. The molecule has 3 aliphatic rings. The number of anilines is 1. The van der Waals surface area contributed by atoms with Gasteiger partial charge in [-0.2, -0.15) is 0 Å². The topological polar surface area (TPSA) is 87.2 Å². The monoisotopic (exact) mass is 405 g/mol. The summed E-state index contributed by atoms with van der Waals surface area (Å²) < 4.78 is 14.6. The molecule has 6 rings (SSSR count). The summed E-state index contributed by atoms with van der Waals surface area (Å²) in [7, 11) is 0. The average Bonchev–Trinajstić information content (AvgIpc) is 3.56. The lowest BCUT2D eigenvalue weighted by Gasteiger charge is -2.24. The van der Waals surface area contributed by atoms with Crippen LogP contribution in [0.5, 0.6) is 5.75 Å². The number of benzene rings is 1. The average molecular weight is 406 g/mol. The second kappa shape index (κ2) is 6.96. The van der Waals surface area contributed by atoms with E-state index in [0.29, 0.717) is 24.6 Å². The highest BCUT2D eigenvalue weighted by Gasteiger charge is 2.46. The van der Waals surface area contributed by atoms with Crippen LogP contribution in [0.4, 0.5) is 5.82 Å². The zero-order valence-electron chi connectivity index (χ0n) is 17.0. The van der Waals surface area contributed by atoms with E-state index in [1.807, 2.05) is 12.1 Å². The van der Waals surface area contributed by atoms with Crippen LogP contribution in [0.1, 0.15) is 38.1 Å². The number of aromatic nitrogens is 3. The minimum atomic E-state index is -0.0789. The van der Waals surface area contributed by atoms with Gasteiger partial charge in [0.25, 0.3) is 0 Å². The number of ether oxygens (including phenoxy) is 2. The summed E-state index contributed by atoms with van der Waals surface area (Å²) in [6.07, 6.45) is 9.79. The SMILES string of the molecule is Nc1ncnc2c1c(-c1cccc(OCC34CCC(CC3)O4)c1)cn2[C@@H]1CCNC1. The van der Waals surface area contributed by atoms with E-state index in [-0.39, 0.29) is 5.60 Å². The molecule has 30 heavy (non-hydrogen) atoms. The molecule has 3 aliphatic heterocycles. The van der Waals surface area contributed by atoms with Gasteiger partial charge in [-0.25, -0.2) is 9.97 Å². The van der Waals surface area contributed by atoms with Crippen molar-refractivity contribution in [3.63, 3.8) is 0 Å². The molecule has 3 fully saturated rings. The maximum atomic E-state index is 6.30. The fourth-order valence-electron chi connectivity index (χ4n) is 5.34. The Bertz CT molecular complexity index is 1080. The Morgan fingerprint density at radius 3 is 2.90 bits per heavy atom. The Morgan fingerprint density at radius 2 is 2.13 bits per heavy atom. The van der Waals surface area contributed by atoms with E-state index in [1.165, 1.54) is 0 Å². The van der Waals surface area contributed by atoms with Crippen LogP contribution in [0.2, 0.25) is 0 Å². The van der Waals surface area contributed by atoms with E-state index < -0.39 is 0 Å². The quantitative estimate of drug-likeness (QED) is 0.677. The molecule has 3 saturated heterocycles. The van der Waals surface area contributed by atoms with Crippen molar-refractivity contribution in [1.29, 1.82) is 0 Å². The minimum Gasteiger partial charge on any atom is -0.491 e. The maximum absolute atomic E-state index is 6.30. The smallest absolute Gasteiger partial charge is 0.146 e. The van der Waals surface area contributed by atoms with Crippen molar-refractivity contribution in [3.8, 4) is 16.9 Å². The molecule has 0 spiro atoms. The summed E-state index contributed by atoms with van der Waals surface area (Å²) in [5.74, 6) is 1.38. The molecule has 7 heteroatoms. The zero-order chi connectivity index (χ0) is 20.1. The molecule has 1 aromatic carbocycles. The molecule has 0 unspecified atom stereocenters. The normalized spacial score (nSPS) is 27.9. The number of nitrogen functional groups attached to an aromatic ring is 1. The zero-order valence-corrected chi connectivity index (χ0v) is 17.0. The molecule has 1 atom stereocenters. The van der Waals surface area contributed by atoms with Crippen LogP contribution in [0.3, 0.4) is 0 Å². The first-order chi connectivity index (χ1) is 14.7. The molecule has 0 aliphatic carbocycles. The van der Waals surface area contributed by atoms with E-state index in [9.17, 15) is 0 Å². The molecular formula is C23H27N5O2. The Labute approximate surface area is 175 Å². The van der Waals surface area contributed by atoms with Gasteiger partial charge in [-0.1, -0.05) is 12.1 Å². The summed E-state index contributed by atoms with van der Waals surface area (Å²) in [5, 5.41) is 4.35. The molecule has 2 bridgehead atoms. The molecule has 0 radical (unpaired) electrons. The number of hydrogen-bond acceptors (Lipinski definition) is 6. The van der Waals surface area contributed by atoms with Crippen LogP contribution in [-0.4, -0.2) is 45.9 Å². The van der Waals surface area contributed by atoms with Gasteiger partial charge in [-0.05, 0) is 56.3 Å². The van der Waals surface area contributed by atoms with E-state index in [0.717, 1.165) is 73.1 Å². The number of nitrogens with zero attached hydrogens (tertiary/aromatic N) is 3. The minimum absolute atomic E-state index is 0.0789. The Balaban J connectivity index is 1.34. The molecule has 2 aromatic heterocycles. The van der Waals surface area contributed by atoms with E-state index in [1.54, 1.807) is 6.33 Å². The van der Waals surface area contributed by atoms with Gasteiger partial charge in [-0.3, -0.25) is 0 Å². The largest absolute Gasteiger partial charge is 0.491 e. The van der Waals surface area contributed by atoms with Crippen molar-refractivity contribution < 1.29 is 9.47 Å². The molecule has 0 amide bonds. The lowest BCUT2D eigenvalue weighted by molar-refractivity contribution is -0.0198. The fourth-order valence-corrected chi connectivity index (χ4v) is 5.34. The van der Waals surface area contributed by atoms with Crippen molar-refractivity contribution in [2.45, 2.75) is 49.9 Å². The van der Waals surface area contributed by atoms with Crippen molar-refractivity contribution in [3.05, 3.63) is 36.8 Å². The Hall–Kier alpha value is -2.64. The molecular weight excluding hydrogens is 378 g/mol. The number of nitrogens with one attached hydrogen (secondary N) is 1. The molecule has 156 valence electrons. The molecule has 5 heterocycles. The van der Waals surface area contributed by atoms with E-state index in [4.69, 9.17) is 15.2 Å². The second-order valence-corrected chi connectivity index (χ2v) is 8.87. The van der Waals surface area contributed by atoms with Crippen molar-refractivity contribution >= 4 is 16.9 Å². The Kier molecular flexibility index (Phi) is 4.21. The predicted molar refractivity (Wildman–Crippen MR) is 115 cm³/mol. The van der Waals surface area contributed by atoms with Crippen molar-refractivity contribution in [2.75, 3.05) is 25.4 Å². The third-order valence-electron chi connectivity index (χ3n) is 6.97. The number of rotatable bonds is 5. The summed E-state index contributed by atoms with van der Waals surface area (Å²) in [6.45, 7) is 2.58. The first-order valence-electron chi connectivity index (χ1n) is 10.9. The number of hydrogen-bond donors (Lipinski definition) is 2. The van der Waals surface area contributed by atoms with Crippen LogP contribution >= 0.6 is 0 Å². The first-order valence-corrected chi connectivity index (χ1v) is 10.9. The standard InChI is InChI=1S/C23H27N5O2/c24-21-20-19(12-28(16-6-9-25-11-16)22(20)27-14-26-21)15-2-1-3-18(10-15)29-13-23-7-4-17(30-23)5-8-23/h1-3,10,12,14,16-17,25H,4-9,11,13H2,(H2,24,26,27)/t16-,17?,23?/m1/s1. The highest BCUT2D eigenvalue weighted by Crippen LogP contribution is 2.44. The first kappa shape index (κ1) is 18.2. The van der Waals surface area contributed by atoms with Gasteiger partial charge in [0, 0.05) is 24.3 Å². The fraction of sp³-hybridized carbons (Fsp3) is 0.478. The second-order valence-electron chi connectivity index (χ2n) is 8.87. The maximum Gasteiger partial charge on any atom is 0.146 e. The molecule has 3 N–H and O–H groups in total. The summed E-state index contributed by atoms with van der Waals surface area (Å²) in [5.41, 5.74) is 9.24. The highest BCUT2D eigenvalue weighted by molar-refractivity contribution is 6.00. The van der Waals surface area contributed by atoms with Gasteiger partial charge in [0.05, 0.1) is 11.5 Å². The van der Waals surface area contributed by atoms with Gasteiger partial charge in [0.15, 0.2) is 0 Å². The summed E-state index contributed by atoms with van der Waals surface area (Å²) in [6, 6.07) is 8.62. The summed E-state index contributed by atoms with van der Waals surface area (Å²) in [4.78, 5) is 8.82. The van der Waals surface area contributed by atoms with E-state index in [2.05, 4.69) is 38.2 Å². The Morgan fingerprint density at radius 1 is 1.23 bits per heavy atom. The molecule has 3 aromatic rings. The van der Waals surface area contributed by atoms with Crippen LogP contribution in [0.25, 0.3) is 22.2 Å². The van der Waals surface area contributed by atoms with Gasteiger partial charge in [0.1, 0.15) is 35.7 Å². The van der Waals surface area contributed by atoms with E-state index >= 15 is 0 Å². The molecule has 0 saturated carbocycles.